The average Bonchev–Trinajstić information content (AvgIpc) is 3.60. The van der Waals surface area contributed by atoms with Gasteiger partial charge in [-0.05, 0) is 34.4 Å². The van der Waals surface area contributed by atoms with Gasteiger partial charge in [0.1, 0.15) is 23.8 Å². The Morgan fingerprint density at radius 1 is 0.620 bits per heavy atom. The molecular weight excluding hydrogens is 650 g/mol. The fourth-order valence-corrected chi connectivity index (χ4v) is 6.57. The lowest BCUT2D eigenvalue weighted by molar-refractivity contribution is -0.171. The van der Waals surface area contributed by atoms with E-state index in [4.69, 9.17) is 9.47 Å². The minimum Gasteiger partial charge on any atom is -0.390 e. The van der Waals surface area contributed by atoms with Crippen LogP contribution in [0.4, 0.5) is 8.78 Å². The first-order chi connectivity index (χ1) is 24.1. The summed E-state index contributed by atoms with van der Waals surface area (Å²) in [5, 5.41) is 50.1. The number of amides is 2. The quantitative estimate of drug-likeness (QED) is 0.125. The van der Waals surface area contributed by atoms with Crippen molar-refractivity contribution in [1.29, 1.82) is 0 Å². The van der Waals surface area contributed by atoms with Crippen molar-refractivity contribution in [1.82, 2.24) is 10.6 Å². The summed E-state index contributed by atoms with van der Waals surface area (Å²) in [6.45, 7) is -1.01. The second-order valence-corrected chi connectivity index (χ2v) is 12.5. The summed E-state index contributed by atoms with van der Waals surface area (Å²) in [6, 6.07) is 23.7. The number of hydrogen-bond donors (Lipinski definition) is 6. The van der Waals surface area contributed by atoms with Crippen LogP contribution in [0.25, 0.3) is 0 Å². The van der Waals surface area contributed by atoms with E-state index in [-0.39, 0.29) is 24.0 Å². The molecule has 0 radical (unpaired) electrons. The number of ether oxygens (including phenoxy) is 2. The van der Waals surface area contributed by atoms with E-state index in [0.717, 1.165) is 11.1 Å². The van der Waals surface area contributed by atoms with Crippen LogP contribution >= 0.6 is 0 Å². The smallest absolute Gasteiger partial charge is 0.252 e. The van der Waals surface area contributed by atoms with Crippen LogP contribution in [0.2, 0.25) is 0 Å². The molecule has 4 aromatic rings. The van der Waals surface area contributed by atoms with E-state index in [1.54, 1.807) is 48.5 Å². The number of fused-ring (bicyclic) bond motifs is 2. The third-order valence-corrected chi connectivity index (χ3v) is 9.24. The standard InChI is InChI=1S/C38H38F2N2O8/c39-27-15-7-3-11-23(27)19-49-35(37(47)41-31-25-13-5-1-9-21(25)17-29(31)43)33(45)34(46)36(50-20-24-12-4-8-16-28(24)40)38(48)42-32-26-14-6-2-10-22(26)18-30(32)44/h1-16,29-36,43-46H,17-20H2,(H,41,47)(H,42,48)/t29?,30?,31-,32?,33?,34?,35+,36+/m0/s1. The molecule has 0 saturated carbocycles. The largest absolute Gasteiger partial charge is 0.390 e. The number of aliphatic hydroxyl groups excluding tert-OH is 4. The molecule has 0 aliphatic heterocycles. The Balaban J connectivity index is 1.27. The molecule has 4 aromatic carbocycles. The maximum atomic E-state index is 14.6. The molecule has 0 bridgehead atoms. The molecule has 5 unspecified atom stereocenters. The minimum absolute atomic E-state index is 0.0530. The summed E-state index contributed by atoms with van der Waals surface area (Å²) in [6.07, 6.45) is -9.63. The monoisotopic (exact) mass is 688 g/mol. The van der Waals surface area contributed by atoms with E-state index >= 15 is 0 Å². The predicted molar refractivity (Wildman–Crippen MR) is 176 cm³/mol. The molecule has 12 heteroatoms. The van der Waals surface area contributed by atoms with E-state index in [2.05, 4.69) is 10.6 Å². The number of carbonyl (C=O) groups is 2. The minimum atomic E-state index is -2.16. The van der Waals surface area contributed by atoms with Crippen molar-refractivity contribution < 1.29 is 48.3 Å². The SMILES string of the molecule is O=C(NC1c2ccccc2CC1O)[C@H](OCc1ccccc1F)C(O)C(O)[C@@H](OCc1ccccc1F)C(=O)N[C@H]1c2ccccc2CC1O. The van der Waals surface area contributed by atoms with Crippen LogP contribution in [0.1, 0.15) is 45.5 Å². The molecule has 8 atom stereocenters. The zero-order valence-corrected chi connectivity index (χ0v) is 26.9. The molecule has 2 aliphatic carbocycles. The van der Waals surface area contributed by atoms with Gasteiger partial charge in [0.25, 0.3) is 11.8 Å². The van der Waals surface area contributed by atoms with Gasteiger partial charge in [-0.2, -0.15) is 0 Å². The van der Waals surface area contributed by atoms with Gasteiger partial charge in [-0.25, -0.2) is 8.78 Å². The highest BCUT2D eigenvalue weighted by atomic mass is 19.1. The molecule has 6 N–H and O–H groups in total. The molecule has 0 saturated heterocycles. The Hall–Kier alpha value is -4.56. The number of aliphatic hydroxyl groups is 4. The third kappa shape index (κ3) is 7.60. The number of carbonyl (C=O) groups excluding carboxylic acids is 2. The zero-order chi connectivity index (χ0) is 35.4. The van der Waals surface area contributed by atoms with Crippen LogP contribution in [0.15, 0.2) is 97.1 Å². The first-order valence-electron chi connectivity index (χ1n) is 16.3. The molecule has 262 valence electrons. The van der Waals surface area contributed by atoms with Crippen molar-refractivity contribution >= 4 is 11.8 Å². The predicted octanol–water partition coefficient (Wildman–Crippen LogP) is 2.71. The number of nitrogens with one attached hydrogen (secondary N) is 2. The van der Waals surface area contributed by atoms with Crippen LogP contribution < -0.4 is 10.6 Å². The highest BCUT2D eigenvalue weighted by molar-refractivity contribution is 5.84. The number of halogens is 2. The van der Waals surface area contributed by atoms with Crippen molar-refractivity contribution in [3.05, 3.63) is 142 Å². The maximum Gasteiger partial charge on any atom is 0.252 e. The third-order valence-electron chi connectivity index (χ3n) is 9.24. The van der Waals surface area contributed by atoms with Crippen LogP contribution in [0.5, 0.6) is 0 Å². The fraction of sp³-hybridized carbons (Fsp3) is 0.316. The molecule has 2 amide bonds. The number of benzene rings is 4. The van der Waals surface area contributed by atoms with Gasteiger partial charge in [0.15, 0.2) is 12.2 Å². The van der Waals surface area contributed by atoms with Gasteiger partial charge >= 0.3 is 0 Å². The van der Waals surface area contributed by atoms with Gasteiger partial charge in [0, 0.05) is 24.0 Å². The molecule has 0 heterocycles. The molecule has 0 fully saturated rings. The van der Waals surface area contributed by atoms with Crippen molar-refractivity contribution in [2.45, 2.75) is 74.8 Å². The van der Waals surface area contributed by atoms with Crippen LogP contribution in [0.3, 0.4) is 0 Å². The lowest BCUT2D eigenvalue weighted by Gasteiger charge is -2.32. The summed E-state index contributed by atoms with van der Waals surface area (Å²) in [5.74, 6) is -3.19. The molecule has 2 aliphatic rings. The molecule has 10 nitrogen and oxygen atoms in total. The summed E-state index contributed by atoms with van der Waals surface area (Å²) >= 11 is 0. The summed E-state index contributed by atoms with van der Waals surface area (Å²) in [7, 11) is 0. The Morgan fingerprint density at radius 2 is 0.980 bits per heavy atom. The first-order valence-corrected chi connectivity index (χ1v) is 16.3. The second kappa shape index (κ2) is 15.5. The van der Waals surface area contributed by atoms with E-state index < -0.39 is 85.4 Å². The van der Waals surface area contributed by atoms with Crippen molar-refractivity contribution in [2.75, 3.05) is 0 Å². The normalized spacial score (nSPS) is 21.8. The highest BCUT2D eigenvalue weighted by Crippen LogP contribution is 2.33. The van der Waals surface area contributed by atoms with Gasteiger partial charge in [-0.15, -0.1) is 0 Å². The van der Waals surface area contributed by atoms with Crippen molar-refractivity contribution in [3.63, 3.8) is 0 Å². The maximum absolute atomic E-state index is 14.6. The number of hydrogen-bond acceptors (Lipinski definition) is 8. The highest BCUT2D eigenvalue weighted by Gasteiger charge is 2.44. The van der Waals surface area contributed by atoms with E-state index in [9.17, 15) is 38.8 Å². The van der Waals surface area contributed by atoms with Crippen LogP contribution in [-0.4, -0.2) is 68.9 Å². The fourth-order valence-electron chi connectivity index (χ4n) is 6.57. The summed E-state index contributed by atoms with van der Waals surface area (Å²) in [5.41, 5.74) is 3.02. The molecule has 50 heavy (non-hydrogen) atoms. The Morgan fingerprint density at radius 3 is 1.38 bits per heavy atom. The summed E-state index contributed by atoms with van der Waals surface area (Å²) in [4.78, 5) is 27.7. The lowest BCUT2D eigenvalue weighted by atomic mass is 9.99. The molecule has 6 rings (SSSR count). The van der Waals surface area contributed by atoms with E-state index in [1.165, 1.54) is 36.4 Å². The van der Waals surface area contributed by atoms with E-state index in [1.807, 2.05) is 12.1 Å². The first kappa shape index (κ1) is 35.3. The second-order valence-electron chi connectivity index (χ2n) is 12.5. The van der Waals surface area contributed by atoms with Crippen molar-refractivity contribution in [3.8, 4) is 0 Å². The Labute approximate surface area is 287 Å². The van der Waals surface area contributed by atoms with Gasteiger partial charge in [0.2, 0.25) is 0 Å². The Kier molecular flexibility index (Phi) is 11.0. The van der Waals surface area contributed by atoms with E-state index in [0.29, 0.717) is 11.1 Å². The van der Waals surface area contributed by atoms with Gasteiger partial charge < -0.3 is 40.5 Å². The molecular formula is C38H38F2N2O8. The number of rotatable bonds is 13. The zero-order valence-electron chi connectivity index (χ0n) is 26.9. The molecule has 0 spiro atoms. The van der Waals surface area contributed by atoms with Gasteiger partial charge in [-0.3, -0.25) is 9.59 Å². The molecule has 0 aromatic heterocycles. The van der Waals surface area contributed by atoms with Gasteiger partial charge in [-0.1, -0.05) is 84.9 Å². The van der Waals surface area contributed by atoms with Crippen LogP contribution in [0, 0.1) is 11.6 Å². The summed E-state index contributed by atoms with van der Waals surface area (Å²) < 4.78 is 40.6. The van der Waals surface area contributed by atoms with Gasteiger partial charge in [0.05, 0.1) is 37.5 Å². The Bertz CT molecular complexity index is 1690. The van der Waals surface area contributed by atoms with Crippen molar-refractivity contribution in [2.24, 2.45) is 0 Å². The van der Waals surface area contributed by atoms with Crippen LogP contribution in [-0.2, 0) is 45.1 Å². The topological polar surface area (TPSA) is 158 Å². The lowest BCUT2D eigenvalue weighted by Crippen LogP contribution is -2.57. The average molecular weight is 689 g/mol.